The Balaban J connectivity index is 3.03. The van der Waals surface area contributed by atoms with E-state index in [1.54, 1.807) is 24.3 Å². The largest absolute Gasteiger partial charge is 0.376 e. The zero-order valence-electron chi connectivity index (χ0n) is 7.51. The molecule has 1 rings (SSSR count). The van der Waals surface area contributed by atoms with E-state index < -0.39 is 12.2 Å². The zero-order chi connectivity index (χ0) is 10.6. The third-order valence-electron chi connectivity index (χ3n) is 1.86. The van der Waals surface area contributed by atoms with Crippen molar-refractivity contribution in [1.82, 2.24) is 0 Å². The van der Waals surface area contributed by atoms with Gasteiger partial charge in [-0.15, -0.1) is 12.8 Å². The average molecular weight is 186 g/mol. The van der Waals surface area contributed by atoms with Gasteiger partial charge in [-0.05, 0) is 17.2 Å². The molecule has 70 valence electrons. The van der Waals surface area contributed by atoms with Crippen LogP contribution in [-0.4, -0.2) is 10.2 Å². The Morgan fingerprint density at radius 1 is 1.00 bits per heavy atom. The quantitative estimate of drug-likeness (QED) is 0.677. The van der Waals surface area contributed by atoms with Crippen LogP contribution in [0.25, 0.3) is 0 Å². The third-order valence-corrected chi connectivity index (χ3v) is 1.86. The first-order valence-corrected chi connectivity index (χ1v) is 4.07. The zero-order valence-corrected chi connectivity index (χ0v) is 7.51. The Hall–Kier alpha value is -1.74. The van der Waals surface area contributed by atoms with Crippen molar-refractivity contribution in [1.29, 1.82) is 0 Å². The van der Waals surface area contributed by atoms with Gasteiger partial charge in [0.05, 0.1) is 0 Å². The molecule has 14 heavy (non-hydrogen) atoms. The second kappa shape index (κ2) is 4.48. The van der Waals surface area contributed by atoms with E-state index in [4.69, 9.17) is 12.8 Å². The maximum atomic E-state index is 9.34. The highest BCUT2D eigenvalue weighted by atomic mass is 16.3. The summed E-state index contributed by atoms with van der Waals surface area (Å²) >= 11 is 0. The molecular weight excluding hydrogens is 176 g/mol. The molecule has 0 fully saturated rings. The molecule has 2 heteroatoms. The van der Waals surface area contributed by atoms with Crippen LogP contribution in [0.5, 0.6) is 0 Å². The fourth-order valence-corrected chi connectivity index (χ4v) is 1.09. The predicted octanol–water partition coefficient (Wildman–Crippen LogP) is 1.02. The molecule has 0 aliphatic heterocycles. The monoisotopic (exact) mass is 186 g/mol. The highest BCUT2D eigenvalue weighted by Gasteiger charge is 2.07. The molecule has 0 aromatic heterocycles. The summed E-state index contributed by atoms with van der Waals surface area (Å²) in [5.41, 5.74) is 1.11. The molecule has 1 aromatic rings. The average Bonchev–Trinajstić information content (AvgIpc) is 2.27. The molecular formula is C12H10O2. The van der Waals surface area contributed by atoms with E-state index >= 15 is 0 Å². The number of terminal acetylenes is 2. The van der Waals surface area contributed by atoms with Crippen LogP contribution in [0.1, 0.15) is 23.3 Å². The fourth-order valence-electron chi connectivity index (χ4n) is 1.09. The molecule has 0 aliphatic carbocycles. The summed E-state index contributed by atoms with van der Waals surface area (Å²) in [6, 6.07) is 6.63. The van der Waals surface area contributed by atoms with Crippen molar-refractivity contribution >= 4 is 0 Å². The number of benzene rings is 1. The maximum Gasteiger partial charge on any atom is 0.139 e. The molecule has 0 bridgehead atoms. The summed E-state index contributed by atoms with van der Waals surface area (Å²) in [4.78, 5) is 0. The molecule has 0 saturated carbocycles. The van der Waals surface area contributed by atoms with Crippen molar-refractivity contribution in [3.63, 3.8) is 0 Å². The highest BCUT2D eigenvalue weighted by molar-refractivity contribution is 5.32. The van der Waals surface area contributed by atoms with Crippen LogP contribution in [-0.2, 0) is 0 Å². The lowest BCUT2D eigenvalue weighted by Crippen LogP contribution is -1.98. The standard InChI is InChI=1S/C12H10O2/c1-3-11(13)9-6-5-7-10(8-9)12(14)4-2/h1-2,5-8,11-14H/t11-,12+. The lowest BCUT2D eigenvalue weighted by Gasteiger charge is -2.08. The van der Waals surface area contributed by atoms with Crippen LogP contribution in [0.15, 0.2) is 24.3 Å². The molecule has 2 nitrogen and oxygen atoms in total. The van der Waals surface area contributed by atoms with Gasteiger partial charge in [0.25, 0.3) is 0 Å². The van der Waals surface area contributed by atoms with Gasteiger partial charge in [0, 0.05) is 0 Å². The molecule has 0 unspecified atom stereocenters. The van der Waals surface area contributed by atoms with Gasteiger partial charge in [-0.3, -0.25) is 0 Å². The van der Waals surface area contributed by atoms with Crippen molar-refractivity contribution in [3.8, 4) is 24.7 Å². The van der Waals surface area contributed by atoms with E-state index in [1.165, 1.54) is 0 Å². The van der Waals surface area contributed by atoms with E-state index in [1.807, 2.05) is 0 Å². The van der Waals surface area contributed by atoms with Gasteiger partial charge in [0.2, 0.25) is 0 Å². The second-order valence-electron chi connectivity index (χ2n) is 2.81. The minimum Gasteiger partial charge on any atom is -0.376 e. The maximum absolute atomic E-state index is 9.34. The molecule has 2 atom stereocenters. The van der Waals surface area contributed by atoms with Gasteiger partial charge >= 0.3 is 0 Å². The first kappa shape index (κ1) is 10.3. The molecule has 0 heterocycles. The van der Waals surface area contributed by atoms with Gasteiger partial charge in [-0.25, -0.2) is 0 Å². The molecule has 0 saturated heterocycles. The number of aliphatic hydroxyl groups excluding tert-OH is 2. The lowest BCUT2D eigenvalue weighted by atomic mass is 10.0. The van der Waals surface area contributed by atoms with Crippen LogP contribution >= 0.6 is 0 Å². The number of hydrogen-bond donors (Lipinski definition) is 2. The number of hydrogen-bond acceptors (Lipinski definition) is 2. The number of rotatable bonds is 2. The number of aliphatic hydroxyl groups is 2. The second-order valence-corrected chi connectivity index (χ2v) is 2.81. The van der Waals surface area contributed by atoms with Gasteiger partial charge in [0.1, 0.15) is 12.2 Å². The summed E-state index contributed by atoms with van der Waals surface area (Å²) in [6.07, 6.45) is 8.20. The summed E-state index contributed by atoms with van der Waals surface area (Å²) < 4.78 is 0. The Bertz CT molecular complexity index is 360. The Morgan fingerprint density at radius 3 is 1.79 bits per heavy atom. The van der Waals surface area contributed by atoms with Crippen molar-refractivity contribution in [2.75, 3.05) is 0 Å². The molecule has 0 radical (unpaired) electrons. The van der Waals surface area contributed by atoms with E-state index in [2.05, 4.69) is 11.8 Å². The SMILES string of the molecule is C#C[C@@H](O)c1cccc([C@@H](O)C#C)c1. The van der Waals surface area contributed by atoms with Crippen LogP contribution < -0.4 is 0 Å². The first-order chi connectivity index (χ1) is 6.69. The first-order valence-electron chi connectivity index (χ1n) is 4.07. The van der Waals surface area contributed by atoms with Gasteiger partial charge in [-0.1, -0.05) is 30.0 Å². The molecule has 2 N–H and O–H groups in total. The van der Waals surface area contributed by atoms with Gasteiger partial charge < -0.3 is 10.2 Å². The summed E-state index contributed by atoms with van der Waals surface area (Å²) in [7, 11) is 0. The van der Waals surface area contributed by atoms with E-state index in [9.17, 15) is 10.2 Å². The minimum atomic E-state index is -0.958. The molecule has 1 aromatic carbocycles. The Morgan fingerprint density at radius 2 is 1.43 bits per heavy atom. The predicted molar refractivity (Wildman–Crippen MR) is 54.0 cm³/mol. The summed E-state index contributed by atoms with van der Waals surface area (Å²) in [5, 5.41) is 18.7. The van der Waals surface area contributed by atoms with Crippen molar-refractivity contribution in [2.45, 2.75) is 12.2 Å². The van der Waals surface area contributed by atoms with Gasteiger partial charge in [-0.2, -0.15) is 0 Å². The molecule has 0 amide bonds. The summed E-state index contributed by atoms with van der Waals surface area (Å²) in [6.45, 7) is 0. The van der Waals surface area contributed by atoms with Gasteiger partial charge in [0.15, 0.2) is 0 Å². The normalized spacial score (nSPS) is 13.7. The third kappa shape index (κ3) is 2.14. The molecule has 0 aliphatic rings. The lowest BCUT2D eigenvalue weighted by molar-refractivity contribution is 0.232. The summed E-state index contributed by atoms with van der Waals surface area (Å²) in [5.74, 6) is 4.38. The van der Waals surface area contributed by atoms with Crippen LogP contribution in [0, 0.1) is 24.7 Å². The Kier molecular flexibility index (Phi) is 3.31. The van der Waals surface area contributed by atoms with Crippen molar-refractivity contribution in [3.05, 3.63) is 35.4 Å². The highest BCUT2D eigenvalue weighted by Crippen LogP contribution is 2.18. The van der Waals surface area contributed by atoms with E-state index in [0.717, 1.165) is 0 Å². The van der Waals surface area contributed by atoms with Crippen LogP contribution in [0.2, 0.25) is 0 Å². The topological polar surface area (TPSA) is 40.5 Å². The van der Waals surface area contributed by atoms with E-state index in [-0.39, 0.29) is 0 Å². The molecule has 0 spiro atoms. The minimum absolute atomic E-state index is 0.555. The van der Waals surface area contributed by atoms with Crippen molar-refractivity contribution in [2.24, 2.45) is 0 Å². The van der Waals surface area contributed by atoms with Crippen molar-refractivity contribution < 1.29 is 10.2 Å². The van der Waals surface area contributed by atoms with E-state index in [0.29, 0.717) is 11.1 Å². The van der Waals surface area contributed by atoms with Crippen LogP contribution in [0.3, 0.4) is 0 Å². The smallest absolute Gasteiger partial charge is 0.139 e. The van der Waals surface area contributed by atoms with Crippen LogP contribution in [0.4, 0.5) is 0 Å². The fraction of sp³-hybridized carbons (Fsp3) is 0.167. The Labute approximate surface area is 83.2 Å².